The van der Waals surface area contributed by atoms with Gasteiger partial charge in [-0.1, -0.05) is 6.07 Å². The molecule has 1 fully saturated rings. The fourth-order valence-corrected chi connectivity index (χ4v) is 2.58. The molecular formula is C11H15NO2S. The molecule has 2 atom stereocenters. The molecule has 1 aliphatic rings. The van der Waals surface area contributed by atoms with E-state index in [4.69, 9.17) is 4.74 Å². The quantitative estimate of drug-likeness (QED) is 0.855. The fraction of sp³-hybridized carbons (Fsp3) is 0.545. The van der Waals surface area contributed by atoms with Crippen LogP contribution in [0.4, 0.5) is 0 Å². The summed E-state index contributed by atoms with van der Waals surface area (Å²) in [5.74, 6) is 0.0479. The highest BCUT2D eigenvalue weighted by molar-refractivity contribution is 7.12. The molecule has 1 aromatic rings. The highest BCUT2D eigenvalue weighted by atomic mass is 32.1. The van der Waals surface area contributed by atoms with Gasteiger partial charge in [-0.3, -0.25) is 4.79 Å². The number of thiophene rings is 1. The lowest BCUT2D eigenvalue weighted by atomic mass is 10.2. The Morgan fingerprint density at radius 3 is 3.07 bits per heavy atom. The molecule has 1 aliphatic carbocycles. The van der Waals surface area contributed by atoms with Crippen LogP contribution in [0.25, 0.3) is 0 Å². The molecule has 1 aromatic heterocycles. The molecular weight excluding hydrogens is 210 g/mol. The van der Waals surface area contributed by atoms with E-state index >= 15 is 0 Å². The van der Waals surface area contributed by atoms with Crippen molar-refractivity contribution in [3.8, 4) is 0 Å². The van der Waals surface area contributed by atoms with Crippen LogP contribution in [0.15, 0.2) is 17.5 Å². The molecule has 0 aromatic carbocycles. The summed E-state index contributed by atoms with van der Waals surface area (Å²) >= 11 is 1.48. The van der Waals surface area contributed by atoms with Crippen LogP contribution in [0.2, 0.25) is 0 Å². The van der Waals surface area contributed by atoms with Gasteiger partial charge in [-0.2, -0.15) is 0 Å². The molecule has 1 saturated carbocycles. The summed E-state index contributed by atoms with van der Waals surface area (Å²) in [6.07, 6.45) is 3.33. The van der Waals surface area contributed by atoms with Crippen LogP contribution in [0.5, 0.6) is 0 Å². The highest BCUT2D eigenvalue weighted by Crippen LogP contribution is 2.22. The molecule has 1 N–H and O–H groups in total. The lowest BCUT2D eigenvalue weighted by Crippen LogP contribution is -2.32. The maximum absolute atomic E-state index is 11.7. The van der Waals surface area contributed by atoms with Gasteiger partial charge >= 0.3 is 0 Å². The molecule has 1 amide bonds. The molecule has 0 aliphatic heterocycles. The van der Waals surface area contributed by atoms with Gasteiger partial charge in [-0.25, -0.2) is 0 Å². The van der Waals surface area contributed by atoms with E-state index < -0.39 is 0 Å². The summed E-state index contributed by atoms with van der Waals surface area (Å²) < 4.78 is 5.26. The smallest absolute Gasteiger partial charge is 0.261 e. The van der Waals surface area contributed by atoms with Crippen LogP contribution in [0.1, 0.15) is 28.9 Å². The average molecular weight is 225 g/mol. The second-order valence-corrected chi connectivity index (χ2v) is 4.77. The van der Waals surface area contributed by atoms with Crippen molar-refractivity contribution >= 4 is 17.2 Å². The Morgan fingerprint density at radius 1 is 1.60 bits per heavy atom. The number of hydrogen-bond acceptors (Lipinski definition) is 3. The summed E-state index contributed by atoms with van der Waals surface area (Å²) in [7, 11) is 1.73. The normalized spacial score (nSPS) is 25.4. The molecule has 82 valence electrons. The van der Waals surface area contributed by atoms with Crippen LogP contribution in [0, 0.1) is 0 Å². The van der Waals surface area contributed by atoms with E-state index in [2.05, 4.69) is 5.32 Å². The van der Waals surface area contributed by atoms with Crippen molar-refractivity contribution in [2.45, 2.75) is 31.4 Å². The number of methoxy groups -OCH3 is 1. The molecule has 2 rings (SSSR count). The number of ether oxygens (including phenoxy) is 1. The first-order chi connectivity index (χ1) is 7.29. The topological polar surface area (TPSA) is 38.3 Å². The molecule has 0 saturated heterocycles. The third-order valence-corrected chi connectivity index (χ3v) is 3.67. The Balaban J connectivity index is 1.86. The molecule has 15 heavy (non-hydrogen) atoms. The van der Waals surface area contributed by atoms with E-state index in [9.17, 15) is 4.79 Å². The van der Waals surface area contributed by atoms with Crippen LogP contribution < -0.4 is 5.32 Å². The zero-order valence-corrected chi connectivity index (χ0v) is 9.55. The van der Waals surface area contributed by atoms with Gasteiger partial charge in [0, 0.05) is 13.2 Å². The Labute approximate surface area is 93.4 Å². The van der Waals surface area contributed by atoms with Gasteiger partial charge in [-0.15, -0.1) is 11.3 Å². The van der Waals surface area contributed by atoms with Gasteiger partial charge in [0.2, 0.25) is 0 Å². The maximum Gasteiger partial charge on any atom is 0.261 e. The van der Waals surface area contributed by atoms with Crippen molar-refractivity contribution in [3.05, 3.63) is 22.4 Å². The van der Waals surface area contributed by atoms with Crippen LogP contribution in [-0.2, 0) is 4.74 Å². The molecule has 3 nitrogen and oxygen atoms in total. The van der Waals surface area contributed by atoms with Gasteiger partial charge in [0.15, 0.2) is 0 Å². The number of carbonyl (C=O) groups is 1. The summed E-state index contributed by atoms with van der Waals surface area (Å²) in [5, 5.41) is 4.96. The summed E-state index contributed by atoms with van der Waals surface area (Å²) in [5.41, 5.74) is 0. The van der Waals surface area contributed by atoms with Crippen molar-refractivity contribution in [1.29, 1.82) is 0 Å². The van der Waals surface area contributed by atoms with Gasteiger partial charge in [-0.05, 0) is 30.7 Å². The molecule has 1 heterocycles. The van der Waals surface area contributed by atoms with Crippen molar-refractivity contribution < 1.29 is 9.53 Å². The molecule has 0 bridgehead atoms. The number of carbonyl (C=O) groups excluding carboxylic acids is 1. The Kier molecular flexibility index (Phi) is 3.38. The Bertz CT molecular complexity index is 323. The van der Waals surface area contributed by atoms with Crippen molar-refractivity contribution in [3.63, 3.8) is 0 Å². The Hall–Kier alpha value is -0.870. The molecule has 4 heteroatoms. The Morgan fingerprint density at radius 2 is 2.47 bits per heavy atom. The van der Waals surface area contributed by atoms with E-state index in [1.807, 2.05) is 17.5 Å². The molecule has 2 unspecified atom stereocenters. The van der Waals surface area contributed by atoms with E-state index in [1.165, 1.54) is 11.3 Å². The fourth-order valence-electron chi connectivity index (χ4n) is 1.95. The van der Waals surface area contributed by atoms with Crippen molar-refractivity contribution in [2.75, 3.05) is 7.11 Å². The summed E-state index contributed by atoms with van der Waals surface area (Å²) in [6.45, 7) is 0. The maximum atomic E-state index is 11.7. The number of nitrogens with one attached hydrogen (secondary N) is 1. The standard InChI is InChI=1S/C11H15NO2S/c1-14-9-5-4-8(7-9)12-11(13)10-3-2-6-15-10/h2-3,6,8-9H,4-5,7H2,1H3,(H,12,13). The van der Waals surface area contributed by atoms with Gasteiger partial charge in [0.1, 0.15) is 0 Å². The van der Waals surface area contributed by atoms with Gasteiger partial charge in [0.25, 0.3) is 5.91 Å². The molecule has 0 radical (unpaired) electrons. The predicted molar refractivity (Wildman–Crippen MR) is 60.2 cm³/mol. The monoisotopic (exact) mass is 225 g/mol. The first kappa shape index (κ1) is 10.6. The average Bonchev–Trinajstić information content (AvgIpc) is 2.87. The van der Waals surface area contributed by atoms with E-state index in [-0.39, 0.29) is 11.9 Å². The minimum atomic E-state index is 0.0479. The predicted octanol–water partition coefficient (Wildman–Crippen LogP) is 2.05. The third-order valence-electron chi connectivity index (χ3n) is 2.80. The van der Waals surface area contributed by atoms with Crippen LogP contribution in [-0.4, -0.2) is 25.2 Å². The lowest BCUT2D eigenvalue weighted by molar-refractivity contribution is 0.0918. The highest BCUT2D eigenvalue weighted by Gasteiger charge is 2.25. The minimum absolute atomic E-state index is 0.0479. The van der Waals surface area contributed by atoms with Crippen molar-refractivity contribution in [1.82, 2.24) is 5.32 Å². The number of hydrogen-bond donors (Lipinski definition) is 1. The summed E-state index contributed by atoms with van der Waals surface area (Å²) in [4.78, 5) is 12.5. The summed E-state index contributed by atoms with van der Waals surface area (Å²) in [6, 6.07) is 4.03. The van der Waals surface area contributed by atoms with Gasteiger partial charge < -0.3 is 10.1 Å². The van der Waals surface area contributed by atoms with E-state index in [0.29, 0.717) is 6.10 Å². The lowest BCUT2D eigenvalue weighted by Gasteiger charge is -2.11. The minimum Gasteiger partial charge on any atom is -0.381 e. The third kappa shape index (κ3) is 2.58. The largest absolute Gasteiger partial charge is 0.381 e. The first-order valence-corrected chi connectivity index (χ1v) is 6.04. The second kappa shape index (κ2) is 4.77. The first-order valence-electron chi connectivity index (χ1n) is 5.16. The zero-order valence-electron chi connectivity index (χ0n) is 8.73. The number of amides is 1. The number of rotatable bonds is 3. The van der Waals surface area contributed by atoms with Crippen LogP contribution in [0.3, 0.4) is 0 Å². The second-order valence-electron chi connectivity index (χ2n) is 3.82. The van der Waals surface area contributed by atoms with E-state index in [0.717, 1.165) is 24.1 Å². The zero-order chi connectivity index (χ0) is 10.7. The van der Waals surface area contributed by atoms with Crippen molar-refractivity contribution in [2.24, 2.45) is 0 Å². The van der Waals surface area contributed by atoms with Gasteiger partial charge in [0.05, 0.1) is 11.0 Å². The molecule has 0 spiro atoms. The van der Waals surface area contributed by atoms with Crippen LogP contribution >= 0.6 is 11.3 Å². The van der Waals surface area contributed by atoms with E-state index in [1.54, 1.807) is 7.11 Å². The SMILES string of the molecule is COC1CCC(NC(=O)c2cccs2)C1.